The van der Waals surface area contributed by atoms with Gasteiger partial charge < -0.3 is 15.8 Å². The Morgan fingerprint density at radius 1 is 1.10 bits per heavy atom. The van der Waals surface area contributed by atoms with E-state index in [9.17, 15) is 18.0 Å². The maximum atomic E-state index is 12.4. The van der Waals surface area contributed by atoms with Gasteiger partial charge in [0.25, 0.3) is 15.9 Å². The largest absolute Gasteiger partial charge is 0.452 e. The van der Waals surface area contributed by atoms with Crippen molar-refractivity contribution in [2.45, 2.75) is 11.8 Å². The van der Waals surface area contributed by atoms with Crippen molar-refractivity contribution in [2.24, 2.45) is 0 Å². The van der Waals surface area contributed by atoms with Gasteiger partial charge in [-0.25, -0.2) is 27.9 Å². The summed E-state index contributed by atoms with van der Waals surface area (Å²) in [5.41, 5.74) is 7.18. The van der Waals surface area contributed by atoms with Crippen LogP contribution in [0.1, 0.15) is 16.1 Å². The zero-order valence-corrected chi connectivity index (χ0v) is 17.2. The van der Waals surface area contributed by atoms with Crippen LogP contribution in [0.5, 0.6) is 0 Å². The molecule has 0 atom stereocenters. The molecular formula is C20H19N5O5S. The van der Waals surface area contributed by atoms with Gasteiger partial charge in [0, 0.05) is 23.3 Å². The summed E-state index contributed by atoms with van der Waals surface area (Å²) in [6.45, 7) is 1.20. The highest BCUT2D eigenvalue weighted by Gasteiger charge is 2.16. The average Bonchev–Trinajstić information content (AvgIpc) is 2.72. The van der Waals surface area contributed by atoms with Gasteiger partial charge in [-0.15, -0.1) is 0 Å². The minimum absolute atomic E-state index is 0.0382. The summed E-state index contributed by atoms with van der Waals surface area (Å²) in [6, 6.07) is 13.3. The second-order valence-corrected chi connectivity index (χ2v) is 8.08. The van der Waals surface area contributed by atoms with E-state index in [0.717, 1.165) is 0 Å². The molecule has 0 saturated heterocycles. The van der Waals surface area contributed by atoms with E-state index in [1.807, 2.05) is 0 Å². The van der Waals surface area contributed by atoms with Gasteiger partial charge in [0.05, 0.1) is 10.5 Å². The van der Waals surface area contributed by atoms with E-state index < -0.39 is 28.5 Å². The van der Waals surface area contributed by atoms with Crippen molar-refractivity contribution in [1.82, 2.24) is 9.97 Å². The Morgan fingerprint density at radius 3 is 2.52 bits per heavy atom. The van der Waals surface area contributed by atoms with E-state index in [1.165, 1.54) is 42.6 Å². The van der Waals surface area contributed by atoms with Crippen LogP contribution in [0.2, 0.25) is 0 Å². The molecule has 0 fully saturated rings. The van der Waals surface area contributed by atoms with Gasteiger partial charge in [-0.2, -0.15) is 0 Å². The first-order valence-electron chi connectivity index (χ1n) is 8.98. The molecule has 0 aliphatic heterocycles. The van der Waals surface area contributed by atoms with Gasteiger partial charge in [0.15, 0.2) is 6.61 Å². The molecule has 1 aromatic heterocycles. The lowest BCUT2D eigenvalue weighted by Gasteiger charge is -2.09. The molecule has 160 valence electrons. The van der Waals surface area contributed by atoms with Crippen LogP contribution >= 0.6 is 0 Å². The van der Waals surface area contributed by atoms with Crippen molar-refractivity contribution in [3.05, 3.63) is 72.1 Å². The predicted molar refractivity (Wildman–Crippen MR) is 114 cm³/mol. The molecule has 4 N–H and O–H groups in total. The first kappa shape index (κ1) is 21.7. The highest BCUT2D eigenvalue weighted by atomic mass is 32.2. The standard InChI is InChI=1S/C20H19N5O5S/c1-13-9-10-22-20(23-13)25-31(28,29)17-7-5-16(6-8-17)24-18(26)12-30-19(27)14-3-2-4-15(21)11-14/h2-11H,12,21H2,1H3,(H,24,26)(H,22,23,25). The van der Waals surface area contributed by atoms with Crippen LogP contribution in [0.25, 0.3) is 0 Å². The third-order valence-electron chi connectivity index (χ3n) is 3.93. The number of esters is 1. The number of nitrogen functional groups attached to an aromatic ring is 1. The molecule has 1 amide bonds. The van der Waals surface area contributed by atoms with Crippen molar-refractivity contribution in [2.75, 3.05) is 22.4 Å². The second kappa shape index (κ2) is 9.22. The Kier molecular flexibility index (Phi) is 6.46. The van der Waals surface area contributed by atoms with E-state index in [4.69, 9.17) is 10.5 Å². The van der Waals surface area contributed by atoms with E-state index in [2.05, 4.69) is 20.0 Å². The van der Waals surface area contributed by atoms with Crippen LogP contribution in [-0.2, 0) is 19.6 Å². The van der Waals surface area contributed by atoms with Crippen molar-refractivity contribution < 1.29 is 22.7 Å². The Bertz CT molecular complexity index is 1210. The van der Waals surface area contributed by atoms with Crippen LogP contribution in [0.15, 0.2) is 65.7 Å². The number of hydrogen-bond donors (Lipinski definition) is 3. The number of nitrogens with zero attached hydrogens (tertiary/aromatic N) is 2. The monoisotopic (exact) mass is 441 g/mol. The number of hydrogen-bond acceptors (Lipinski definition) is 8. The van der Waals surface area contributed by atoms with E-state index in [1.54, 1.807) is 25.1 Å². The maximum absolute atomic E-state index is 12.4. The van der Waals surface area contributed by atoms with Crippen LogP contribution in [0.4, 0.5) is 17.3 Å². The number of amides is 1. The highest BCUT2D eigenvalue weighted by Crippen LogP contribution is 2.17. The summed E-state index contributed by atoms with van der Waals surface area (Å²) in [5.74, 6) is -1.31. The third-order valence-corrected chi connectivity index (χ3v) is 5.27. The topological polar surface area (TPSA) is 153 Å². The van der Waals surface area contributed by atoms with Gasteiger partial charge in [0.2, 0.25) is 5.95 Å². The number of nitrogens with one attached hydrogen (secondary N) is 2. The molecule has 0 radical (unpaired) electrons. The van der Waals surface area contributed by atoms with Crippen LogP contribution < -0.4 is 15.8 Å². The van der Waals surface area contributed by atoms with E-state index in [0.29, 0.717) is 17.1 Å². The van der Waals surface area contributed by atoms with Gasteiger partial charge in [-0.05, 0) is 55.5 Å². The molecule has 2 aromatic carbocycles. The summed E-state index contributed by atoms with van der Waals surface area (Å²) in [7, 11) is -3.90. The van der Waals surface area contributed by atoms with Gasteiger partial charge in [-0.1, -0.05) is 6.07 Å². The molecule has 0 aliphatic carbocycles. The number of anilines is 3. The number of nitrogens with two attached hydrogens (primary N) is 1. The molecule has 10 nitrogen and oxygen atoms in total. The highest BCUT2D eigenvalue weighted by molar-refractivity contribution is 7.92. The third kappa shape index (κ3) is 6.00. The first-order chi connectivity index (χ1) is 14.7. The first-order valence-corrected chi connectivity index (χ1v) is 10.5. The number of benzene rings is 2. The fourth-order valence-corrected chi connectivity index (χ4v) is 3.42. The zero-order valence-electron chi connectivity index (χ0n) is 16.4. The normalized spacial score (nSPS) is 10.9. The Morgan fingerprint density at radius 2 is 1.84 bits per heavy atom. The number of ether oxygens (including phenoxy) is 1. The smallest absolute Gasteiger partial charge is 0.338 e. The lowest BCUT2D eigenvalue weighted by molar-refractivity contribution is -0.119. The summed E-state index contributed by atoms with van der Waals surface area (Å²) >= 11 is 0. The number of carbonyl (C=O) groups is 2. The number of sulfonamides is 1. The molecule has 31 heavy (non-hydrogen) atoms. The fourth-order valence-electron chi connectivity index (χ4n) is 2.47. The summed E-state index contributed by atoms with van der Waals surface area (Å²) in [6.07, 6.45) is 1.44. The molecule has 0 spiro atoms. The van der Waals surface area contributed by atoms with Crippen molar-refractivity contribution >= 4 is 39.2 Å². The van der Waals surface area contributed by atoms with Crippen molar-refractivity contribution in [3.8, 4) is 0 Å². The average molecular weight is 441 g/mol. The predicted octanol–water partition coefficient (Wildman–Crippen LogP) is 1.96. The summed E-state index contributed by atoms with van der Waals surface area (Å²) < 4.78 is 32.1. The summed E-state index contributed by atoms with van der Waals surface area (Å²) in [5, 5.41) is 2.52. The number of aryl methyl sites for hydroxylation is 1. The van der Waals surface area contributed by atoms with Gasteiger partial charge >= 0.3 is 5.97 Å². The summed E-state index contributed by atoms with van der Waals surface area (Å²) in [4.78, 5) is 31.8. The fraction of sp³-hybridized carbons (Fsp3) is 0.100. The lowest BCUT2D eigenvalue weighted by Crippen LogP contribution is -2.21. The molecular weight excluding hydrogens is 422 g/mol. The van der Waals surface area contributed by atoms with Crippen molar-refractivity contribution in [3.63, 3.8) is 0 Å². The van der Waals surface area contributed by atoms with Crippen LogP contribution in [-0.4, -0.2) is 36.9 Å². The minimum Gasteiger partial charge on any atom is -0.452 e. The van der Waals surface area contributed by atoms with Gasteiger partial charge in [0.1, 0.15) is 0 Å². The van der Waals surface area contributed by atoms with E-state index in [-0.39, 0.29) is 16.4 Å². The Hall–Kier alpha value is -3.99. The quantitative estimate of drug-likeness (QED) is 0.371. The minimum atomic E-state index is -3.90. The molecule has 3 aromatic rings. The van der Waals surface area contributed by atoms with Crippen LogP contribution in [0, 0.1) is 6.92 Å². The molecule has 0 bridgehead atoms. The maximum Gasteiger partial charge on any atom is 0.338 e. The molecule has 11 heteroatoms. The molecule has 3 rings (SSSR count). The van der Waals surface area contributed by atoms with Crippen LogP contribution in [0.3, 0.4) is 0 Å². The number of carbonyl (C=O) groups excluding carboxylic acids is 2. The molecule has 0 unspecified atom stereocenters. The van der Waals surface area contributed by atoms with E-state index >= 15 is 0 Å². The molecule has 0 aliphatic rings. The SMILES string of the molecule is Cc1ccnc(NS(=O)(=O)c2ccc(NC(=O)COC(=O)c3cccc(N)c3)cc2)n1. The Labute approximate surface area is 178 Å². The zero-order chi connectivity index (χ0) is 22.4. The number of aromatic nitrogens is 2. The molecule has 0 saturated carbocycles. The molecule has 1 heterocycles. The van der Waals surface area contributed by atoms with Crippen molar-refractivity contribution in [1.29, 1.82) is 0 Å². The second-order valence-electron chi connectivity index (χ2n) is 6.40. The van der Waals surface area contributed by atoms with Gasteiger partial charge in [-0.3, -0.25) is 4.79 Å². The number of rotatable bonds is 7. The Balaban J connectivity index is 1.57. The lowest BCUT2D eigenvalue weighted by atomic mass is 10.2.